The molecule has 3 heterocycles. The molecule has 2 fully saturated rings. The average molecular weight is 574 g/mol. The first-order chi connectivity index (χ1) is 18.7. The Bertz CT molecular complexity index is 1240. The summed E-state index contributed by atoms with van der Waals surface area (Å²) in [5.41, 5.74) is 0.344. The average Bonchev–Trinajstić information content (AvgIpc) is 3.42. The molecule has 0 bridgehead atoms. The minimum atomic E-state index is -1.33. The molecule has 2 saturated heterocycles. The first kappa shape index (κ1) is 28.2. The molecule has 2 aromatic rings. The van der Waals surface area contributed by atoms with Crippen molar-refractivity contribution in [1.82, 2.24) is 25.6 Å². The van der Waals surface area contributed by atoms with Gasteiger partial charge in [-0.2, -0.15) is 0 Å². The van der Waals surface area contributed by atoms with Gasteiger partial charge in [0.05, 0.1) is 18.2 Å². The number of carboxylic acids is 1. The number of carbonyl (C=O) groups is 6. The predicted molar refractivity (Wildman–Crippen MR) is 141 cm³/mol. The minimum absolute atomic E-state index is 0.00950. The summed E-state index contributed by atoms with van der Waals surface area (Å²) in [6.45, 7) is 0.218. The number of fused-ring (bicyclic) bond motifs is 1. The van der Waals surface area contributed by atoms with E-state index >= 15 is 0 Å². The van der Waals surface area contributed by atoms with Gasteiger partial charge in [0, 0.05) is 30.1 Å². The summed E-state index contributed by atoms with van der Waals surface area (Å²) in [6, 6.07) is 4.78. The van der Waals surface area contributed by atoms with E-state index in [1.54, 1.807) is 41.9 Å². The lowest BCUT2D eigenvalue weighted by molar-refractivity contribution is -0.176. The Hall–Kier alpha value is -3.78. The Morgan fingerprint density at radius 3 is 2.62 bits per heavy atom. The largest absolute Gasteiger partial charge is 0.481 e. The molecule has 1 aromatic carbocycles. The van der Waals surface area contributed by atoms with Crippen LogP contribution in [0.15, 0.2) is 46.2 Å². The van der Waals surface area contributed by atoms with Crippen LogP contribution < -0.4 is 10.6 Å². The highest BCUT2D eigenvalue weighted by molar-refractivity contribution is 8.01. The molecule has 0 aliphatic carbocycles. The lowest BCUT2D eigenvalue weighted by Gasteiger charge is -2.43. The number of amides is 4. The van der Waals surface area contributed by atoms with Crippen LogP contribution in [0.3, 0.4) is 0 Å². The molecule has 2 aliphatic heterocycles. The summed E-state index contributed by atoms with van der Waals surface area (Å²) in [4.78, 5) is 81.0. The summed E-state index contributed by atoms with van der Waals surface area (Å²) in [6.07, 6.45) is 1.62. The fourth-order valence-corrected chi connectivity index (χ4v) is 6.02. The highest BCUT2D eigenvalue weighted by atomic mass is 32.2. The standard InChI is InChI=1S/C25H27N5O7S2/c31-19(14-39-25-26-10-12-38-25)17(13-21(33)34)28-23(36)18-7-4-11-29-20(32)9-8-16(24(37)30(18)29)27-22(35)15-5-2-1-3-6-15/h1-3,5-6,10,12,16-18H,4,7-9,11,13-14H2,(H,27,35)(H,28,36)(H,33,34)/t16-,17-,18-/m0/s1. The van der Waals surface area contributed by atoms with E-state index in [9.17, 15) is 33.9 Å². The zero-order chi connectivity index (χ0) is 27.9. The summed E-state index contributed by atoms with van der Waals surface area (Å²) in [5.74, 6) is -4.10. The molecule has 12 nitrogen and oxygen atoms in total. The summed E-state index contributed by atoms with van der Waals surface area (Å²) in [5, 5.41) is 18.5. The summed E-state index contributed by atoms with van der Waals surface area (Å²) >= 11 is 2.46. The van der Waals surface area contributed by atoms with Crippen molar-refractivity contribution >= 4 is 58.5 Å². The maximum atomic E-state index is 13.6. The van der Waals surface area contributed by atoms with Gasteiger partial charge < -0.3 is 15.7 Å². The highest BCUT2D eigenvalue weighted by Gasteiger charge is 2.45. The first-order valence-electron chi connectivity index (χ1n) is 12.3. The molecule has 14 heteroatoms. The van der Waals surface area contributed by atoms with E-state index in [2.05, 4.69) is 15.6 Å². The zero-order valence-electron chi connectivity index (χ0n) is 20.8. The number of carbonyl (C=O) groups excluding carboxylic acids is 5. The van der Waals surface area contributed by atoms with Crippen LogP contribution in [0.1, 0.15) is 42.5 Å². The van der Waals surface area contributed by atoms with Gasteiger partial charge in [-0.05, 0) is 31.4 Å². The van der Waals surface area contributed by atoms with E-state index in [4.69, 9.17) is 0 Å². The lowest BCUT2D eigenvalue weighted by atomic mass is 10.0. The Morgan fingerprint density at radius 1 is 1.15 bits per heavy atom. The van der Waals surface area contributed by atoms with E-state index in [1.807, 2.05) is 0 Å². The van der Waals surface area contributed by atoms with E-state index in [-0.39, 0.29) is 37.5 Å². The third kappa shape index (κ3) is 7.00. The smallest absolute Gasteiger partial charge is 0.305 e. The number of nitrogens with zero attached hydrogens (tertiary/aromatic N) is 3. The number of nitrogens with one attached hydrogen (secondary N) is 2. The maximum Gasteiger partial charge on any atom is 0.305 e. The van der Waals surface area contributed by atoms with Crippen LogP contribution in [0.4, 0.5) is 0 Å². The topological polar surface area (TPSA) is 166 Å². The molecule has 0 saturated carbocycles. The number of aliphatic carboxylic acids is 1. The number of thiazole rings is 1. The maximum absolute atomic E-state index is 13.6. The lowest BCUT2D eigenvalue weighted by Crippen LogP contribution is -2.64. The fraction of sp³-hybridized carbons (Fsp3) is 0.400. The first-order valence-corrected chi connectivity index (χ1v) is 14.2. The minimum Gasteiger partial charge on any atom is -0.481 e. The van der Waals surface area contributed by atoms with Crippen molar-refractivity contribution in [1.29, 1.82) is 0 Å². The van der Waals surface area contributed by atoms with Crippen molar-refractivity contribution in [3.63, 3.8) is 0 Å². The molecule has 0 spiro atoms. The molecule has 4 rings (SSSR count). The van der Waals surface area contributed by atoms with Gasteiger partial charge in [-0.3, -0.25) is 33.8 Å². The number of carboxylic acid groups (broad SMARTS) is 1. The van der Waals surface area contributed by atoms with Crippen LogP contribution >= 0.6 is 23.1 Å². The van der Waals surface area contributed by atoms with Crippen molar-refractivity contribution in [3.8, 4) is 0 Å². The number of hydrogen-bond acceptors (Lipinski definition) is 9. The second-order valence-electron chi connectivity index (χ2n) is 9.00. The number of aromatic nitrogens is 1. The Labute approximate surface area is 232 Å². The molecule has 3 atom stereocenters. The molecular formula is C25H27N5O7S2. The fourth-order valence-electron chi connectivity index (χ4n) is 4.44. The van der Waals surface area contributed by atoms with Gasteiger partial charge >= 0.3 is 5.97 Å². The van der Waals surface area contributed by atoms with Gasteiger partial charge in [0.2, 0.25) is 11.8 Å². The number of hydrogen-bond donors (Lipinski definition) is 3. The summed E-state index contributed by atoms with van der Waals surface area (Å²) < 4.78 is 0.629. The number of thioether (sulfide) groups is 1. The van der Waals surface area contributed by atoms with Crippen molar-refractivity contribution < 1.29 is 33.9 Å². The van der Waals surface area contributed by atoms with E-state index in [0.717, 1.165) is 16.8 Å². The number of benzene rings is 1. The Balaban J connectivity index is 1.50. The Kier molecular flexibility index (Phi) is 9.30. The van der Waals surface area contributed by atoms with Gasteiger partial charge in [0.15, 0.2) is 5.78 Å². The molecule has 4 amide bonds. The number of hydrazine groups is 1. The monoisotopic (exact) mass is 573 g/mol. The quantitative estimate of drug-likeness (QED) is 0.353. The summed E-state index contributed by atoms with van der Waals surface area (Å²) in [7, 11) is 0. The van der Waals surface area contributed by atoms with Crippen molar-refractivity contribution in [2.75, 3.05) is 12.3 Å². The van der Waals surface area contributed by atoms with Gasteiger partial charge in [0.25, 0.3) is 11.8 Å². The molecule has 2 aliphatic rings. The SMILES string of the molecule is O=C(O)C[C@H](NC(=O)[C@@H]1CCCN2C(=O)CC[C@H](NC(=O)c3ccccc3)C(=O)N12)C(=O)CSc1nccs1. The van der Waals surface area contributed by atoms with Crippen LogP contribution in [0, 0.1) is 0 Å². The second kappa shape index (κ2) is 12.8. The highest BCUT2D eigenvalue weighted by Crippen LogP contribution is 2.26. The van der Waals surface area contributed by atoms with Gasteiger partial charge in [-0.25, -0.2) is 9.99 Å². The van der Waals surface area contributed by atoms with Crippen LogP contribution in [0.25, 0.3) is 0 Å². The van der Waals surface area contributed by atoms with Crippen LogP contribution in [0.2, 0.25) is 0 Å². The third-order valence-corrected chi connectivity index (χ3v) is 8.33. The van der Waals surface area contributed by atoms with Crippen molar-refractivity contribution in [3.05, 3.63) is 47.5 Å². The normalized spacial score (nSPS) is 20.0. The number of Topliss-reactive ketones (excluding diaryl/α,β-unsaturated/α-hetero) is 1. The third-order valence-electron chi connectivity index (χ3n) is 6.34. The van der Waals surface area contributed by atoms with Gasteiger partial charge in [0.1, 0.15) is 16.4 Å². The molecule has 1 aromatic heterocycles. The zero-order valence-corrected chi connectivity index (χ0v) is 22.4. The van der Waals surface area contributed by atoms with E-state index in [0.29, 0.717) is 16.3 Å². The molecule has 0 radical (unpaired) electrons. The molecule has 206 valence electrons. The van der Waals surface area contributed by atoms with E-state index < -0.39 is 54.0 Å². The van der Waals surface area contributed by atoms with Gasteiger partial charge in [-0.1, -0.05) is 30.0 Å². The second-order valence-corrected chi connectivity index (χ2v) is 11.1. The predicted octanol–water partition coefficient (Wildman–Crippen LogP) is 1.09. The van der Waals surface area contributed by atoms with Crippen LogP contribution in [-0.4, -0.2) is 85.9 Å². The number of ketones is 1. The van der Waals surface area contributed by atoms with Crippen molar-refractivity contribution in [2.24, 2.45) is 0 Å². The van der Waals surface area contributed by atoms with Crippen molar-refractivity contribution in [2.45, 2.75) is 54.6 Å². The molecule has 39 heavy (non-hydrogen) atoms. The Morgan fingerprint density at radius 2 is 1.92 bits per heavy atom. The van der Waals surface area contributed by atoms with Crippen LogP contribution in [0.5, 0.6) is 0 Å². The molecular weight excluding hydrogens is 546 g/mol. The number of rotatable bonds is 10. The van der Waals surface area contributed by atoms with Gasteiger partial charge in [-0.15, -0.1) is 11.3 Å². The molecule has 0 unspecified atom stereocenters. The van der Waals surface area contributed by atoms with Crippen LogP contribution in [-0.2, 0) is 24.0 Å². The molecule has 3 N–H and O–H groups in total. The van der Waals surface area contributed by atoms with E-state index in [1.165, 1.54) is 16.3 Å².